The van der Waals surface area contributed by atoms with Crippen molar-refractivity contribution in [2.75, 3.05) is 11.5 Å². The summed E-state index contributed by atoms with van der Waals surface area (Å²) >= 11 is 3.10. The van der Waals surface area contributed by atoms with Crippen LogP contribution in [0.4, 0.5) is 0 Å². The van der Waals surface area contributed by atoms with Crippen LogP contribution in [0, 0.1) is 6.92 Å². The van der Waals surface area contributed by atoms with Crippen molar-refractivity contribution in [2.24, 2.45) is 0 Å². The lowest BCUT2D eigenvalue weighted by molar-refractivity contribution is -0.115. The third-order valence-electron chi connectivity index (χ3n) is 3.23. The van der Waals surface area contributed by atoms with Gasteiger partial charge in [0.25, 0.3) is 0 Å². The molecule has 0 atom stereocenters. The van der Waals surface area contributed by atoms with Gasteiger partial charge in [-0.25, -0.2) is 8.42 Å². The summed E-state index contributed by atoms with van der Waals surface area (Å²) in [5, 5.41) is 0. The van der Waals surface area contributed by atoms with E-state index in [2.05, 4.69) is 0 Å². The van der Waals surface area contributed by atoms with Crippen LogP contribution >= 0.6 is 23.5 Å². The average Bonchev–Trinajstić information content (AvgIpc) is 2.36. The predicted octanol–water partition coefficient (Wildman–Crippen LogP) is 3.83. The highest BCUT2D eigenvalue weighted by atomic mass is 32.2. The van der Waals surface area contributed by atoms with Crippen LogP contribution in [-0.4, -0.2) is 30.5 Å². The van der Waals surface area contributed by atoms with Gasteiger partial charge in [-0.15, -0.1) is 23.5 Å². The molecule has 0 N–H and O–H groups in total. The molecule has 0 bridgehead atoms. The summed E-state index contributed by atoms with van der Waals surface area (Å²) in [5.41, 5.74) is 1.04. The Morgan fingerprint density at radius 3 is 2.45 bits per heavy atom. The van der Waals surface area contributed by atoms with Crippen LogP contribution in [0.2, 0.25) is 0 Å². The first kappa shape index (κ1) is 17.6. The van der Waals surface area contributed by atoms with Gasteiger partial charge in [-0.05, 0) is 32.9 Å². The minimum atomic E-state index is -3.26. The molecule has 1 aromatic carbocycles. The van der Waals surface area contributed by atoms with Crippen molar-refractivity contribution in [1.29, 1.82) is 0 Å². The highest BCUT2D eigenvalue weighted by Crippen LogP contribution is 2.43. The van der Waals surface area contributed by atoms with Gasteiger partial charge in [-0.2, -0.15) is 0 Å². The van der Waals surface area contributed by atoms with E-state index in [9.17, 15) is 13.2 Å². The van der Waals surface area contributed by atoms with E-state index < -0.39 is 9.84 Å². The van der Waals surface area contributed by atoms with Gasteiger partial charge in [0.15, 0.2) is 15.6 Å². The first-order chi connectivity index (χ1) is 10.2. The Labute approximate surface area is 140 Å². The zero-order chi connectivity index (χ0) is 16.4. The van der Waals surface area contributed by atoms with Gasteiger partial charge in [0.2, 0.25) is 0 Å². The third kappa shape index (κ3) is 4.89. The first-order valence-corrected chi connectivity index (χ1v) is 10.5. The van der Waals surface area contributed by atoms with Gasteiger partial charge in [-0.1, -0.05) is 17.7 Å². The van der Waals surface area contributed by atoms with Gasteiger partial charge in [0, 0.05) is 27.2 Å². The average molecular weight is 357 g/mol. The number of hydrogen-bond donors (Lipinski definition) is 0. The van der Waals surface area contributed by atoms with E-state index in [1.54, 1.807) is 42.1 Å². The van der Waals surface area contributed by atoms with Crippen LogP contribution in [-0.2, 0) is 14.6 Å². The molecule has 6 heteroatoms. The number of sulfone groups is 1. The molecule has 0 aliphatic carbocycles. The maximum Gasteiger partial charge on any atom is 0.179 e. The van der Waals surface area contributed by atoms with E-state index in [0.29, 0.717) is 17.1 Å². The number of benzene rings is 1. The molecule has 2 rings (SSSR count). The molecule has 0 saturated heterocycles. The number of aryl methyl sites for hydroxylation is 1. The van der Waals surface area contributed by atoms with Crippen molar-refractivity contribution >= 4 is 39.1 Å². The summed E-state index contributed by atoms with van der Waals surface area (Å²) in [6.45, 7) is 6.00. The first-order valence-electron chi connectivity index (χ1n) is 7.04. The number of rotatable bonds is 5. The number of carbonyl (C=O) groups is 1. The minimum absolute atomic E-state index is 0.0766. The van der Waals surface area contributed by atoms with Crippen LogP contribution in [0.15, 0.2) is 39.5 Å². The van der Waals surface area contributed by atoms with Crippen molar-refractivity contribution in [3.05, 3.63) is 40.1 Å². The molecule has 1 aromatic rings. The van der Waals surface area contributed by atoms with Crippen molar-refractivity contribution in [3.63, 3.8) is 0 Å². The number of thioether (sulfide) groups is 2. The van der Waals surface area contributed by atoms with Crippen molar-refractivity contribution in [2.45, 2.75) is 36.8 Å². The fourth-order valence-corrected chi connectivity index (χ4v) is 6.65. The van der Waals surface area contributed by atoms with E-state index in [4.69, 9.17) is 0 Å². The van der Waals surface area contributed by atoms with E-state index in [-0.39, 0.29) is 16.3 Å². The molecule has 0 unspecified atom stereocenters. The summed E-state index contributed by atoms with van der Waals surface area (Å²) in [4.78, 5) is 12.0. The maximum atomic E-state index is 12.3. The summed E-state index contributed by atoms with van der Waals surface area (Å²) in [6, 6.07) is 6.91. The molecule has 3 nitrogen and oxygen atoms in total. The molecular formula is C16H20O3S3. The molecule has 0 radical (unpaired) electrons. The van der Waals surface area contributed by atoms with E-state index in [0.717, 1.165) is 9.80 Å². The number of allylic oxidation sites excluding steroid dienone is 1. The van der Waals surface area contributed by atoms with Crippen LogP contribution in [0.3, 0.4) is 0 Å². The standard InChI is InChI=1S/C16H20O3S3/c1-12-4-6-14(7-5-12)22(18,19)9-8-20-15-10-13(17)11-16(2,3)21-15/h4-7,10H,8-9,11H2,1-3H3. The Hall–Kier alpha value is -0.720. The normalized spacial score (nSPS) is 18.1. The van der Waals surface area contributed by atoms with E-state index in [1.165, 1.54) is 11.8 Å². The molecule has 0 aromatic heterocycles. The highest BCUT2D eigenvalue weighted by Gasteiger charge is 2.28. The second-order valence-corrected chi connectivity index (χ2v) is 11.2. The molecule has 1 heterocycles. The molecule has 120 valence electrons. The number of ketones is 1. The third-order valence-corrected chi connectivity index (χ3v) is 7.65. The molecule has 1 aliphatic rings. The van der Waals surface area contributed by atoms with Gasteiger partial charge >= 0.3 is 0 Å². The Morgan fingerprint density at radius 1 is 1.23 bits per heavy atom. The fraction of sp³-hybridized carbons (Fsp3) is 0.438. The Kier molecular flexibility index (Phi) is 5.45. The molecule has 0 saturated carbocycles. The maximum absolute atomic E-state index is 12.3. The molecular weight excluding hydrogens is 336 g/mol. The van der Waals surface area contributed by atoms with Crippen molar-refractivity contribution in [3.8, 4) is 0 Å². The predicted molar refractivity (Wildman–Crippen MR) is 95.1 cm³/mol. The van der Waals surface area contributed by atoms with Gasteiger partial charge in [-0.3, -0.25) is 4.79 Å². The van der Waals surface area contributed by atoms with Crippen LogP contribution in [0.1, 0.15) is 25.8 Å². The number of carbonyl (C=O) groups excluding carboxylic acids is 1. The number of hydrogen-bond acceptors (Lipinski definition) is 5. The van der Waals surface area contributed by atoms with Gasteiger partial charge in [0.05, 0.1) is 10.6 Å². The highest BCUT2D eigenvalue weighted by molar-refractivity contribution is 8.23. The largest absolute Gasteiger partial charge is 0.295 e. The van der Waals surface area contributed by atoms with Crippen LogP contribution in [0.25, 0.3) is 0 Å². The SMILES string of the molecule is Cc1ccc(S(=O)(=O)CCSC2=CC(=O)CC(C)(C)S2)cc1. The topological polar surface area (TPSA) is 51.2 Å². The minimum Gasteiger partial charge on any atom is -0.295 e. The molecule has 0 amide bonds. The summed E-state index contributed by atoms with van der Waals surface area (Å²) in [6.07, 6.45) is 2.17. The van der Waals surface area contributed by atoms with Gasteiger partial charge < -0.3 is 0 Å². The summed E-state index contributed by atoms with van der Waals surface area (Å²) in [5.74, 6) is 0.652. The molecule has 0 spiro atoms. The molecule has 1 aliphatic heterocycles. The van der Waals surface area contributed by atoms with E-state index >= 15 is 0 Å². The van der Waals surface area contributed by atoms with Crippen LogP contribution < -0.4 is 0 Å². The summed E-state index contributed by atoms with van der Waals surface area (Å²) < 4.78 is 25.4. The lowest BCUT2D eigenvalue weighted by Crippen LogP contribution is -2.22. The zero-order valence-electron chi connectivity index (χ0n) is 13.0. The Bertz CT molecular complexity index is 686. The van der Waals surface area contributed by atoms with Crippen LogP contribution in [0.5, 0.6) is 0 Å². The Morgan fingerprint density at radius 2 is 1.86 bits per heavy atom. The van der Waals surface area contributed by atoms with Gasteiger partial charge in [0.1, 0.15) is 0 Å². The smallest absolute Gasteiger partial charge is 0.179 e. The molecule has 22 heavy (non-hydrogen) atoms. The van der Waals surface area contributed by atoms with Crippen molar-refractivity contribution < 1.29 is 13.2 Å². The van der Waals surface area contributed by atoms with Crippen molar-refractivity contribution in [1.82, 2.24) is 0 Å². The molecule has 0 fully saturated rings. The lowest BCUT2D eigenvalue weighted by Gasteiger charge is -2.27. The quantitative estimate of drug-likeness (QED) is 0.802. The van der Waals surface area contributed by atoms with E-state index in [1.807, 2.05) is 20.8 Å². The fourth-order valence-electron chi connectivity index (χ4n) is 2.13. The lowest BCUT2D eigenvalue weighted by atomic mass is 10.1. The summed E-state index contributed by atoms with van der Waals surface area (Å²) in [7, 11) is -3.26. The second-order valence-electron chi connectivity index (χ2n) is 5.95. The monoisotopic (exact) mass is 356 g/mol. The second kappa shape index (κ2) is 6.81. The Balaban J connectivity index is 1.96. The zero-order valence-corrected chi connectivity index (χ0v) is 15.4.